The summed E-state index contributed by atoms with van der Waals surface area (Å²) in [6.45, 7) is 1.80. The lowest BCUT2D eigenvalue weighted by atomic mass is 10.3. The topological polar surface area (TPSA) is 68.5 Å². The Labute approximate surface area is 141 Å². The van der Waals surface area contributed by atoms with E-state index in [0.29, 0.717) is 34.2 Å². The van der Waals surface area contributed by atoms with E-state index in [1.807, 2.05) is 0 Å². The van der Waals surface area contributed by atoms with Gasteiger partial charge in [-0.2, -0.15) is 9.67 Å². The van der Waals surface area contributed by atoms with Gasteiger partial charge in [-0.1, -0.05) is 5.21 Å². The van der Waals surface area contributed by atoms with E-state index < -0.39 is 0 Å². The molecule has 1 N–H and O–H groups in total. The first-order valence-corrected chi connectivity index (χ1v) is 7.49. The summed E-state index contributed by atoms with van der Waals surface area (Å²) in [4.78, 5) is 8.79. The minimum atomic E-state index is -0.336. The summed E-state index contributed by atoms with van der Waals surface area (Å²) >= 11 is 0. The molecular formula is C17H12F2N6. The van der Waals surface area contributed by atoms with Crippen molar-refractivity contribution in [3.8, 4) is 5.69 Å². The predicted molar refractivity (Wildman–Crippen MR) is 88.8 cm³/mol. The Balaban J connectivity index is 1.78. The molecule has 0 aliphatic rings. The van der Waals surface area contributed by atoms with Crippen LogP contribution in [0, 0.1) is 18.6 Å². The van der Waals surface area contributed by atoms with E-state index in [2.05, 4.69) is 25.6 Å². The summed E-state index contributed by atoms with van der Waals surface area (Å²) in [5.41, 5.74) is 2.97. The van der Waals surface area contributed by atoms with Gasteiger partial charge in [0, 0.05) is 5.69 Å². The summed E-state index contributed by atoms with van der Waals surface area (Å²) in [6.07, 6.45) is 0. The molecule has 0 radical (unpaired) electrons. The molecule has 8 heteroatoms. The molecule has 0 aliphatic carbocycles. The molecule has 124 valence electrons. The summed E-state index contributed by atoms with van der Waals surface area (Å²) in [5, 5.41) is 11.2. The van der Waals surface area contributed by atoms with Crippen molar-refractivity contribution < 1.29 is 8.78 Å². The van der Waals surface area contributed by atoms with Crippen LogP contribution in [0.3, 0.4) is 0 Å². The van der Waals surface area contributed by atoms with Crippen LogP contribution in [0.5, 0.6) is 0 Å². The van der Waals surface area contributed by atoms with Crippen LogP contribution >= 0.6 is 0 Å². The summed E-state index contributed by atoms with van der Waals surface area (Å²) < 4.78 is 27.7. The molecule has 2 heterocycles. The molecule has 0 fully saturated rings. The van der Waals surface area contributed by atoms with Gasteiger partial charge >= 0.3 is 0 Å². The molecule has 0 saturated heterocycles. The summed E-state index contributed by atoms with van der Waals surface area (Å²) in [6, 6.07) is 11.7. The quantitative estimate of drug-likeness (QED) is 0.619. The molecular weight excluding hydrogens is 326 g/mol. The van der Waals surface area contributed by atoms with Gasteiger partial charge < -0.3 is 5.32 Å². The second-order valence-electron chi connectivity index (χ2n) is 5.41. The minimum Gasteiger partial charge on any atom is -0.324 e. The normalized spacial score (nSPS) is 11.0. The van der Waals surface area contributed by atoms with Crippen molar-refractivity contribution in [2.24, 2.45) is 0 Å². The molecule has 0 aliphatic heterocycles. The van der Waals surface area contributed by atoms with Gasteiger partial charge in [-0.15, -0.1) is 5.10 Å². The Morgan fingerprint density at radius 2 is 1.52 bits per heavy atom. The SMILES string of the molecule is Cc1nc(Nc2ccc(F)cc2)nc2c1nnn2-c1ccc(F)cc1. The first-order valence-electron chi connectivity index (χ1n) is 7.49. The maximum atomic E-state index is 13.1. The molecule has 0 atom stereocenters. The van der Waals surface area contributed by atoms with Crippen molar-refractivity contribution in [3.63, 3.8) is 0 Å². The van der Waals surface area contributed by atoms with Crippen LogP contribution in [0.1, 0.15) is 5.69 Å². The zero-order valence-corrected chi connectivity index (χ0v) is 13.1. The second kappa shape index (κ2) is 5.90. The summed E-state index contributed by atoms with van der Waals surface area (Å²) in [7, 11) is 0. The van der Waals surface area contributed by atoms with Crippen LogP contribution < -0.4 is 5.32 Å². The Bertz CT molecular complexity index is 1040. The molecule has 0 bridgehead atoms. The number of anilines is 2. The molecule has 0 saturated carbocycles. The number of aromatic nitrogens is 5. The van der Waals surface area contributed by atoms with Crippen LogP contribution in [-0.2, 0) is 0 Å². The number of aryl methyl sites for hydroxylation is 1. The number of halogens is 2. The highest BCUT2D eigenvalue weighted by Crippen LogP contribution is 2.20. The molecule has 0 amide bonds. The Hall–Kier alpha value is -3.42. The lowest BCUT2D eigenvalue weighted by Crippen LogP contribution is -2.03. The molecule has 25 heavy (non-hydrogen) atoms. The zero-order chi connectivity index (χ0) is 17.4. The fourth-order valence-electron chi connectivity index (χ4n) is 2.42. The van der Waals surface area contributed by atoms with Crippen LogP contribution in [0.4, 0.5) is 20.4 Å². The van der Waals surface area contributed by atoms with Crippen molar-refractivity contribution in [2.45, 2.75) is 6.92 Å². The van der Waals surface area contributed by atoms with Crippen molar-refractivity contribution in [3.05, 3.63) is 65.9 Å². The van der Waals surface area contributed by atoms with E-state index in [-0.39, 0.29) is 11.6 Å². The number of rotatable bonds is 3. The number of hydrogen-bond donors (Lipinski definition) is 1. The van der Waals surface area contributed by atoms with Gasteiger partial charge in [0.15, 0.2) is 11.2 Å². The number of nitrogens with one attached hydrogen (secondary N) is 1. The van der Waals surface area contributed by atoms with Gasteiger partial charge in [0.1, 0.15) is 11.6 Å². The Kier molecular flexibility index (Phi) is 3.57. The zero-order valence-electron chi connectivity index (χ0n) is 13.1. The van der Waals surface area contributed by atoms with E-state index >= 15 is 0 Å². The van der Waals surface area contributed by atoms with Crippen molar-refractivity contribution in [1.29, 1.82) is 0 Å². The largest absolute Gasteiger partial charge is 0.324 e. The van der Waals surface area contributed by atoms with Crippen molar-refractivity contribution in [2.75, 3.05) is 5.32 Å². The molecule has 0 spiro atoms. The minimum absolute atomic E-state index is 0.323. The number of hydrogen-bond acceptors (Lipinski definition) is 5. The number of nitrogens with zero attached hydrogens (tertiary/aromatic N) is 5. The average Bonchev–Trinajstić information content (AvgIpc) is 3.02. The first kappa shape index (κ1) is 15.1. The summed E-state index contributed by atoms with van der Waals surface area (Å²) in [5.74, 6) is -0.323. The van der Waals surface area contributed by atoms with Crippen LogP contribution in [-0.4, -0.2) is 25.0 Å². The predicted octanol–water partition coefficient (Wildman–Crippen LogP) is 3.54. The van der Waals surface area contributed by atoms with Crippen molar-refractivity contribution in [1.82, 2.24) is 25.0 Å². The van der Waals surface area contributed by atoms with Crippen LogP contribution in [0.15, 0.2) is 48.5 Å². The molecule has 2 aromatic heterocycles. The highest BCUT2D eigenvalue weighted by molar-refractivity contribution is 5.76. The van der Waals surface area contributed by atoms with Gasteiger partial charge in [-0.25, -0.2) is 13.8 Å². The van der Waals surface area contributed by atoms with Crippen LogP contribution in [0.25, 0.3) is 16.9 Å². The fraction of sp³-hybridized carbons (Fsp3) is 0.0588. The van der Waals surface area contributed by atoms with E-state index in [1.165, 1.54) is 28.9 Å². The van der Waals surface area contributed by atoms with E-state index in [0.717, 1.165) is 0 Å². The first-order chi connectivity index (χ1) is 12.1. The van der Waals surface area contributed by atoms with Gasteiger partial charge in [-0.05, 0) is 55.5 Å². The van der Waals surface area contributed by atoms with Crippen LogP contribution in [0.2, 0.25) is 0 Å². The van der Waals surface area contributed by atoms with Gasteiger partial charge in [0.2, 0.25) is 5.95 Å². The van der Waals surface area contributed by atoms with Gasteiger partial charge in [0.05, 0.1) is 11.4 Å². The third-order valence-corrected chi connectivity index (χ3v) is 3.65. The number of fused-ring (bicyclic) bond motifs is 1. The van der Waals surface area contributed by atoms with E-state index in [4.69, 9.17) is 0 Å². The van der Waals surface area contributed by atoms with Gasteiger partial charge in [0.25, 0.3) is 0 Å². The highest BCUT2D eigenvalue weighted by atomic mass is 19.1. The smallest absolute Gasteiger partial charge is 0.229 e. The Morgan fingerprint density at radius 1 is 0.880 bits per heavy atom. The van der Waals surface area contributed by atoms with E-state index in [9.17, 15) is 8.78 Å². The van der Waals surface area contributed by atoms with E-state index in [1.54, 1.807) is 31.2 Å². The molecule has 0 unspecified atom stereocenters. The standard InChI is InChI=1S/C17H12F2N6/c1-10-15-16(25(24-23-15)14-8-4-12(19)5-9-14)22-17(20-10)21-13-6-2-11(18)3-7-13/h2-9H,1H3,(H,20,21,22). The molecule has 4 aromatic rings. The third-order valence-electron chi connectivity index (χ3n) is 3.65. The highest BCUT2D eigenvalue weighted by Gasteiger charge is 2.13. The lowest BCUT2D eigenvalue weighted by molar-refractivity contribution is 0.626. The molecule has 4 rings (SSSR count). The average molecular weight is 338 g/mol. The lowest BCUT2D eigenvalue weighted by Gasteiger charge is -2.07. The second-order valence-corrected chi connectivity index (χ2v) is 5.41. The molecule has 6 nitrogen and oxygen atoms in total. The Morgan fingerprint density at radius 3 is 2.20 bits per heavy atom. The maximum absolute atomic E-state index is 13.1. The fourth-order valence-corrected chi connectivity index (χ4v) is 2.42. The number of benzene rings is 2. The molecule has 2 aromatic carbocycles. The maximum Gasteiger partial charge on any atom is 0.229 e. The monoisotopic (exact) mass is 338 g/mol. The third kappa shape index (κ3) is 2.89. The van der Waals surface area contributed by atoms with Gasteiger partial charge in [-0.3, -0.25) is 0 Å². The van der Waals surface area contributed by atoms with Crippen molar-refractivity contribution >= 4 is 22.8 Å².